The first kappa shape index (κ1) is 14.9. The van der Waals surface area contributed by atoms with Crippen molar-refractivity contribution >= 4 is 34.8 Å². The average molecular weight is 329 g/mol. The number of nitrogens with one attached hydrogen (secondary N) is 1. The molecule has 0 aromatic heterocycles. The van der Waals surface area contributed by atoms with Crippen molar-refractivity contribution < 1.29 is 9.53 Å². The van der Waals surface area contributed by atoms with E-state index in [4.69, 9.17) is 33.7 Å². The first-order valence-electron chi connectivity index (χ1n) is 7.23. The van der Waals surface area contributed by atoms with Crippen molar-refractivity contribution in [2.24, 2.45) is 5.92 Å². The molecule has 1 saturated carbocycles. The molecule has 4 nitrogen and oxygen atoms in total. The van der Waals surface area contributed by atoms with Crippen LogP contribution in [0.25, 0.3) is 0 Å². The fraction of sp³-hybridized carbons (Fsp3) is 0.533. The number of benzene rings is 1. The van der Waals surface area contributed by atoms with Gasteiger partial charge in [0.25, 0.3) is 5.91 Å². The molecule has 0 spiro atoms. The Kier molecular flexibility index (Phi) is 4.29. The topological polar surface area (TPSA) is 64.4 Å². The van der Waals surface area contributed by atoms with Crippen LogP contribution in [0.1, 0.15) is 36.0 Å². The lowest BCUT2D eigenvalue weighted by molar-refractivity contribution is 0.0510. The zero-order valence-corrected chi connectivity index (χ0v) is 13.1. The highest BCUT2D eigenvalue weighted by molar-refractivity contribution is 6.39. The number of anilines is 1. The Balaban J connectivity index is 1.74. The largest absolute Gasteiger partial charge is 0.396 e. The minimum absolute atomic E-state index is 0.156. The number of nitrogen functional groups attached to an aromatic ring is 1. The zero-order chi connectivity index (χ0) is 15.0. The summed E-state index contributed by atoms with van der Waals surface area (Å²) in [5.74, 6) is 0.263. The van der Waals surface area contributed by atoms with E-state index in [2.05, 4.69) is 5.32 Å². The van der Waals surface area contributed by atoms with E-state index in [-0.39, 0.29) is 11.9 Å². The molecule has 3 rings (SSSR count). The summed E-state index contributed by atoms with van der Waals surface area (Å²) in [5, 5.41) is 3.71. The summed E-state index contributed by atoms with van der Waals surface area (Å²) in [6, 6.07) is 3.28. The van der Waals surface area contributed by atoms with E-state index in [1.807, 2.05) is 0 Å². The summed E-state index contributed by atoms with van der Waals surface area (Å²) in [6.07, 6.45) is 4.47. The van der Waals surface area contributed by atoms with Gasteiger partial charge in [-0.25, -0.2) is 0 Å². The highest BCUT2D eigenvalue weighted by Crippen LogP contribution is 2.35. The molecule has 1 aliphatic carbocycles. The standard InChI is InChI=1S/C15H18Cl2N2O2/c16-10-6-8(7-11(17)14(10)18)15(20)19-12-2-1-3-13-9(12)4-5-21-13/h6-7,9,12-13H,1-5,18H2,(H,19,20)/t9-,12-,13+/m1/s1. The van der Waals surface area contributed by atoms with Gasteiger partial charge in [0, 0.05) is 24.1 Å². The number of carbonyl (C=O) groups is 1. The van der Waals surface area contributed by atoms with Gasteiger partial charge in [-0.3, -0.25) is 4.79 Å². The van der Waals surface area contributed by atoms with Crippen LogP contribution < -0.4 is 11.1 Å². The highest BCUT2D eigenvalue weighted by Gasteiger charge is 2.38. The Bertz CT molecular complexity index is 542. The van der Waals surface area contributed by atoms with Gasteiger partial charge in [-0.1, -0.05) is 23.2 Å². The number of halogens is 2. The van der Waals surface area contributed by atoms with Crippen molar-refractivity contribution in [3.63, 3.8) is 0 Å². The number of hydrogen-bond acceptors (Lipinski definition) is 3. The van der Waals surface area contributed by atoms with E-state index < -0.39 is 0 Å². The minimum Gasteiger partial charge on any atom is -0.396 e. The molecule has 0 radical (unpaired) electrons. The summed E-state index contributed by atoms with van der Waals surface area (Å²) in [5.41, 5.74) is 6.44. The van der Waals surface area contributed by atoms with Crippen LogP contribution in [0.5, 0.6) is 0 Å². The van der Waals surface area contributed by atoms with Crippen molar-refractivity contribution in [3.05, 3.63) is 27.7 Å². The molecule has 0 unspecified atom stereocenters. The quantitative estimate of drug-likeness (QED) is 0.819. The predicted octanol–water partition coefficient (Wildman–Crippen LogP) is 3.26. The lowest BCUT2D eigenvalue weighted by Gasteiger charge is -2.33. The van der Waals surface area contributed by atoms with Gasteiger partial charge < -0.3 is 15.8 Å². The molecule has 0 bridgehead atoms. The Morgan fingerprint density at radius 2 is 1.95 bits per heavy atom. The zero-order valence-electron chi connectivity index (χ0n) is 11.6. The van der Waals surface area contributed by atoms with Crippen LogP contribution in [0.2, 0.25) is 10.0 Å². The summed E-state index contributed by atoms with van der Waals surface area (Å²) in [4.78, 5) is 12.4. The predicted molar refractivity (Wildman–Crippen MR) is 83.8 cm³/mol. The summed E-state index contributed by atoms with van der Waals surface area (Å²) in [7, 11) is 0. The van der Waals surface area contributed by atoms with Gasteiger partial charge >= 0.3 is 0 Å². The monoisotopic (exact) mass is 328 g/mol. The van der Waals surface area contributed by atoms with E-state index in [0.717, 1.165) is 32.3 Å². The third kappa shape index (κ3) is 2.98. The molecule has 3 N–H and O–H groups in total. The number of carbonyl (C=O) groups excluding carboxylic acids is 1. The van der Waals surface area contributed by atoms with E-state index >= 15 is 0 Å². The molecule has 1 saturated heterocycles. The van der Waals surface area contributed by atoms with E-state index in [0.29, 0.717) is 33.3 Å². The third-order valence-corrected chi connectivity index (χ3v) is 5.06. The maximum atomic E-state index is 12.4. The van der Waals surface area contributed by atoms with Gasteiger partial charge in [0.1, 0.15) is 0 Å². The van der Waals surface area contributed by atoms with Crippen LogP contribution in [0, 0.1) is 5.92 Å². The van der Waals surface area contributed by atoms with E-state index in [9.17, 15) is 4.79 Å². The molecule has 114 valence electrons. The van der Waals surface area contributed by atoms with Crippen LogP contribution in [-0.2, 0) is 4.74 Å². The minimum atomic E-state index is -0.156. The third-order valence-electron chi connectivity index (χ3n) is 4.44. The molecular formula is C15H18Cl2N2O2. The number of rotatable bonds is 2. The number of amides is 1. The molecule has 1 aromatic rings. The summed E-state index contributed by atoms with van der Waals surface area (Å²) >= 11 is 12.0. The molecule has 21 heavy (non-hydrogen) atoms. The number of nitrogens with two attached hydrogens (primary N) is 1. The van der Waals surface area contributed by atoms with Crippen molar-refractivity contribution in [1.29, 1.82) is 0 Å². The van der Waals surface area contributed by atoms with Gasteiger partial charge in [-0.15, -0.1) is 0 Å². The molecule has 3 atom stereocenters. The first-order valence-corrected chi connectivity index (χ1v) is 7.99. The summed E-state index contributed by atoms with van der Waals surface area (Å²) in [6.45, 7) is 0.793. The number of hydrogen-bond donors (Lipinski definition) is 2. The maximum absolute atomic E-state index is 12.4. The van der Waals surface area contributed by atoms with Gasteiger partial charge in [-0.2, -0.15) is 0 Å². The van der Waals surface area contributed by atoms with Gasteiger partial charge in [-0.05, 0) is 37.8 Å². The lowest BCUT2D eigenvalue weighted by Crippen LogP contribution is -2.45. The van der Waals surface area contributed by atoms with Crippen LogP contribution in [-0.4, -0.2) is 24.7 Å². The van der Waals surface area contributed by atoms with Gasteiger partial charge in [0.05, 0.1) is 21.8 Å². The number of fused-ring (bicyclic) bond motifs is 1. The van der Waals surface area contributed by atoms with Crippen LogP contribution in [0.3, 0.4) is 0 Å². The maximum Gasteiger partial charge on any atom is 0.251 e. The smallest absolute Gasteiger partial charge is 0.251 e. The molecule has 1 heterocycles. The Morgan fingerprint density at radius 3 is 2.67 bits per heavy atom. The average Bonchev–Trinajstić information content (AvgIpc) is 2.93. The Labute approximate surface area is 133 Å². The Morgan fingerprint density at radius 1 is 1.24 bits per heavy atom. The molecule has 1 aliphatic heterocycles. The van der Waals surface area contributed by atoms with Crippen molar-refractivity contribution in [2.45, 2.75) is 37.8 Å². The normalized spacial score (nSPS) is 28.2. The molecule has 1 aromatic carbocycles. The lowest BCUT2D eigenvalue weighted by atomic mass is 9.81. The van der Waals surface area contributed by atoms with E-state index in [1.165, 1.54) is 0 Å². The van der Waals surface area contributed by atoms with Crippen LogP contribution in [0.4, 0.5) is 5.69 Å². The first-order chi connectivity index (χ1) is 10.1. The molecule has 2 aliphatic rings. The number of ether oxygens (including phenoxy) is 1. The second kappa shape index (κ2) is 6.03. The molecular weight excluding hydrogens is 311 g/mol. The SMILES string of the molecule is Nc1c(Cl)cc(C(=O)N[C@@H]2CCC[C@@H]3OCC[C@@H]32)cc1Cl. The molecule has 1 amide bonds. The fourth-order valence-corrected chi connectivity index (χ4v) is 3.81. The van der Waals surface area contributed by atoms with Gasteiger partial charge in [0.15, 0.2) is 0 Å². The second-order valence-corrected chi connectivity index (χ2v) is 6.54. The van der Waals surface area contributed by atoms with Crippen molar-refractivity contribution in [1.82, 2.24) is 5.32 Å². The highest BCUT2D eigenvalue weighted by atomic mass is 35.5. The Hall–Kier alpha value is -0.970. The molecule has 2 fully saturated rings. The molecule has 6 heteroatoms. The fourth-order valence-electron chi connectivity index (χ4n) is 3.32. The second-order valence-electron chi connectivity index (χ2n) is 5.73. The van der Waals surface area contributed by atoms with E-state index in [1.54, 1.807) is 12.1 Å². The van der Waals surface area contributed by atoms with Crippen LogP contribution in [0.15, 0.2) is 12.1 Å². The van der Waals surface area contributed by atoms with Gasteiger partial charge in [0.2, 0.25) is 0 Å². The summed E-state index contributed by atoms with van der Waals surface area (Å²) < 4.78 is 5.72. The van der Waals surface area contributed by atoms with Crippen LogP contribution >= 0.6 is 23.2 Å². The van der Waals surface area contributed by atoms with Crippen molar-refractivity contribution in [3.8, 4) is 0 Å². The van der Waals surface area contributed by atoms with Crippen molar-refractivity contribution in [2.75, 3.05) is 12.3 Å².